The van der Waals surface area contributed by atoms with Gasteiger partial charge in [0.05, 0.1) is 13.0 Å². The summed E-state index contributed by atoms with van der Waals surface area (Å²) in [6, 6.07) is 0. The maximum atomic E-state index is 11.3. The third-order valence-electron chi connectivity index (χ3n) is 1.53. The largest absolute Gasteiger partial charge is 0.481 e. The van der Waals surface area contributed by atoms with Gasteiger partial charge in [0.2, 0.25) is 5.91 Å². The number of carbonyl (C=O) groups excluding carboxylic acids is 1. The highest BCUT2D eigenvalue weighted by Gasteiger charge is 2.23. The lowest BCUT2D eigenvalue weighted by Crippen LogP contribution is -2.47. The number of rotatable bonds is 5. The van der Waals surface area contributed by atoms with Crippen molar-refractivity contribution in [3.8, 4) is 0 Å². The van der Waals surface area contributed by atoms with Gasteiger partial charge in [0.25, 0.3) is 0 Å². The highest BCUT2D eigenvalue weighted by atomic mass is 16.4. The molecular formula is C9H18N2O3. The number of nitrogens with zero attached hydrogens (tertiary/aromatic N) is 1. The van der Waals surface area contributed by atoms with Crippen molar-refractivity contribution < 1.29 is 14.7 Å². The number of carboxylic acids is 1. The molecule has 0 bridgehead atoms. The van der Waals surface area contributed by atoms with Crippen molar-refractivity contribution in [2.24, 2.45) is 0 Å². The van der Waals surface area contributed by atoms with Gasteiger partial charge < -0.3 is 15.3 Å². The Hall–Kier alpha value is -1.10. The van der Waals surface area contributed by atoms with Crippen LogP contribution in [0, 0.1) is 0 Å². The van der Waals surface area contributed by atoms with E-state index >= 15 is 0 Å². The number of hydrogen-bond donors (Lipinski definition) is 2. The zero-order valence-corrected chi connectivity index (χ0v) is 9.13. The topological polar surface area (TPSA) is 69.6 Å². The molecule has 0 rings (SSSR count). The Morgan fingerprint density at radius 3 is 2.21 bits per heavy atom. The van der Waals surface area contributed by atoms with Crippen LogP contribution in [0.4, 0.5) is 0 Å². The summed E-state index contributed by atoms with van der Waals surface area (Å²) >= 11 is 0. The minimum Gasteiger partial charge on any atom is -0.481 e. The van der Waals surface area contributed by atoms with Gasteiger partial charge in [-0.15, -0.1) is 0 Å². The van der Waals surface area contributed by atoms with Crippen molar-refractivity contribution in [1.29, 1.82) is 0 Å². The molecule has 0 saturated heterocycles. The first-order valence-electron chi connectivity index (χ1n) is 4.40. The smallest absolute Gasteiger partial charge is 0.305 e. The van der Waals surface area contributed by atoms with Gasteiger partial charge in [0.15, 0.2) is 0 Å². The predicted molar refractivity (Wildman–Crippen MR) is 53.0 cm³/mol. The Bertz CT molecular complexity index is 224. The van der Waals surface area contributed by atoms with Crippen LogP contribution in [-0.2, 0) is 9.59 Å². The number of carboxylic acid groups (broad SMARTS) is 1. The standard InChI is InChI=1S/C9H18N2O3/c1-9(2,5-8(13)14)10-7(12)6-11(3)4/h5-6H2,1-4H3,(H,10,12)(H,13,14). The Morgan fingerprint density at radius 1 is 1.36 bits per heavy atom. The molecule has 0 saturated carbocycles. The van der Waals surface area contributed by atoms with E-state index in [2.05, 4.69) is 5.32 Å². The Labute approximate surface area is 84.1 Å². The van der Waals surface area contributed by atoms with E-state index in [4.69, 9.17) is 5.11 Å². The van der Waals surface area contributed by atoms with Gasteiger partial charge in [0.1, 0.15) is 0 Å². The molecule has 2 N–H and O–H groups in total. The molecule has 0 radical (unpaired) electrons. The molecule has 5 heteroatoms. The molecule has 1 amide bonds. The molecular weight excluding hydrogens is 184 g/mol. The summed E-state index contributed by atoms with van der Waals surface area (Å²) in [5.74, 6) is -1.08. The summed E-state index contributed by atoms with van der Waals surface area (Å²) in [6.07, 6.45) is -0.0772. The molecule has 0 aliphatic heterocycles. The van der Waals surface area contributed by atoms with Crippen LogP contribution in [0.1, 0.15) is 20.3 Å². The van der Waals surface area contributed by atoms with Crippen molar-refractivity contribution in [1.82, 2.24) is 10.2 Å². The van der Waals surface area contributed by atoms with Crippen molar-refractivity contribution >= 4 is 11.9 Å². The van der Waals surface area contributed by atoms with E-state index in [1.165, 1.54) is 0 Å². The first-order chi connectivity index (χ1) is 6.23. The number of hydrogen-bond acceptors (Lipinski definition) is 3. The SMILES string of the molecule is CN(C)CC(=O)NC(C)(C)CC(=O)O. The zero-order valence-electron chi connectivity index (χ0n) is 9.13. The van der Waals surface area contributed by atoms with Gasteiger partial charge in [-0.2, -0.15) is 0 Å². The minimum atomic E-state index is -0.917. The van der Waals surface area contributed by atoms with Gasteiger partial charge in [-0.3, -0.25) is 9.59 Å². The van der Waals surface area contributed by atoms with Crippen molar-refractivity contribution in [2.45, 2.75) is 25.8 Å². The maximum absolute atomic E-state index is 11.3. The number of aliphatic carboxylic acids is 1. The third kappa shape index (κ3) is 6.42. The normalized spacial score (nSPS) is 11.5. The summed E-state index contributed by atoms with van der Waals surface area (Å²) in [5.41, 5.74) is -0.696. The number of likely N-dealkylation sites (N-methyl/N-ethyl adjacent to an activating group) is 1. The summed E-state index contributed by atoms with van der Waals surface area (Å²) in [7, 11) is 3.56. The first-order valence-corrected chi connectivity index (χ1v) is 4.40. The fourth-order valence-electron chi connectivity index (χ4n) is 1.13. The van der Waals surface area contributed by atoms with E-state index in [0.29, 0.717) is 0 Å². The highest BCUT2D eigenvalue weighted by Crippen LogP contribution is 2.07. The summed E-state index contributed by atoms with van der Waals surface area (Å²) < 4.78 is 0. The van der Waals surface area contributed by atoms with Crippen LogP contribution in [0.2, 0.25) is 0 Å². The molecule has 0 aliphatic rings. The molecule has 0 unspecified atom stereocenters. The number of carbonyl (C=O) groups is 2. The monoisotopic (exact) mass is 202 g/mol. The molecule has 0 heterocycles. The highest BCUT2D eigenvalue weighted by molar-refractivity contribution is 5.79. The second-order valence-electron chi connectivity index (χ2n) is 4.24. The lowest BCUT2D eigenvalue weighted by atomic mass is 10.0. The van der Waals surface area contributed by atoms with Crippen molar-refractivity contribution in [2.75, 3.05) is 20.6 Å². The molecule has 0 fully saturated rings. The molecule has 0 spiro atoms. The zero-order chi connectivity index (χ0) is 11.4. The van der Waals surface area contributed by atoms with Crippen LogP contribution in [0.15, 0.2) is 0 Å². The van der Waals surface area contributed by atoms with Gasteiger partial charge in [-0.1, -0.05) is 0 Å². The Balaban J connectivity index is 4.08. The number of amides is 1. The molecule has 0 aromatic heterocycles. The lowest BCUT2D eigenvalue weighted by Gasteiger charge is -2.25. The Kier molecular flexibility index (Phi) is 4.56. The second kappa shape index (κ2) is 4.95. The first kappa shape index (κ1) is 12.9. The summed E-state index contributed by atoms with van der Waals surface area (Å²) in [4.78, 5) is 23.5. The van der Waals surface area contributed by atoms with Gasteiger partial charge in [0, 0.05) is 5.54 Å². The van der Waals surface area contributed by atoms with Crippen LogP contribution < -0.4 is 5.32 Å². The average molecular weight is 202 g/mol. The molecule has 0 aromatic carbocycles. The number of nitrogens with one attached hydrogen (secondary N) is 1. The van der Waals surface area contributed by atoms with Crippen LogP contribution in [0.3, 0.4) is 0 Å². The molecule has 0 aliphatic carbocycles. The quantitative estimate of drug-likeness (QED) is 0.654. The van der Waals surface area contributed by atoms with E-state index in [1.807, 2.05) is 0 Å². The van der Waals surface area contributed by atoms with Crippen LogP contribution >= 0.6 is 0 Å². The molecule has 5 nitrogen and oxygen atoms in total. The minimum absolute atomic E-state index is 0.0772. The van der Waals surface area contributed by atoms with Crippen LogP contribution in [-0.4, -0.2) is 48.1 Å². The van der Waals surface area contributed by atoms with Gasteiger partial charge >= 0.3 is 5.97 Å². The van der Waals surface area contributed by atoms with E-state index in [9.17, 15) is 9.59 Å². The van der Waals surface area contributed by atoms with Gasteiger partial charge in [-0.25, -0.2) is 0 Å². The molecule has 0 aromatic rings. The molecule has 0 atom stereocenters. The van der Waals surface area contributed by atoms with Crippen LogP contribution in [0.25, 0.3) is 0 Å². The summed E-state index contributed by atoms with van der Waals surface area (Å²) in [6.45, 7) is 3.65. The molecule has 82 valence electrons. The third-order valence-corrected chi connectivity index (χ3v) is 1.53. The van der Waals surface area contributed by atoms with Crippen molar-refractivity contribution in [3.05, 3.63) is 0 Å². The van der Waals surface area contributed by atoms with E-state index in [-0.39, 0.29) is 18.9 Å². The maximum Gasteiger partial charge on any atom is 0.305 e. The predicted octanol–water partition coefficient (Wildman–Crippen LogP) is -0.0825. The summed E-state index contributed by atoms with van der Waals surface area (Å²) in [5, 5.41) is 11.2. The fraction of sp³-hybridized carbons (Fsp3) is 0.778. The Morgan fingerprint density at radius 2 is 1.86 bits per heavy atom. The molecule has 14 heavy (non-hydrogen) atoms. The fourth-order valence-corrected chi connectivity index (χ4v) is 1.13. The second-order valence-corrected chi connectivity index (χ2v) is 4.24. The van der Waals surface area contributed by atoms with Gasteiger partial charge in [-0.05, 0) is 27.9 Å². The van der Waals surface area contributed by atoms with E-state index in [0.717, 1.165) is 0 Å². The van der Waals surface area contributed by atoms with Crippen LogP contribution in [0.5, 0.6) is 0 Å². The average Bonchev–Trinajstić information content (AvgIpc) is 1.77. The van der Waals surface area contributed by atoms with E-state index in [1.54, 1.807) is 32.8 Å². The van der Waals surface area contributed by atoms with E-state index < -0.39 is 11.5 Å². The van der Waals surface area contributed by atoms with Crippen molar-refractivity contribution in [3.63, 3.8) is 0 Å². The lowest BCUT2D eigenvalue weighted by molar-refractivity contribution is -0.138.